The number of nitrogens with two attached hydrogens (primary N) is 1. The van der Waals surface area contributed by atoms with Gasteiger partial charge >= 0.3 is 0 Å². The summed E-state index contributed by atoms with van der Waals surface area (Å²) in [6.45, 7) is 2.34. The summed E-state index contributed by atoms with van der Waals surface area (Å²) in [6.07, 6.45) is 0. The molecule has 0 saturated heterocycles. The molecule has 0 unspecified atom stereocenters. The molecule has 1 aromatic carbocycles. The number of hydrogen-bond acceptors (Lipinski definition) is 4. The fourth-order valence-corrected chi connectivity index (χ4v) is 2.19. The summed E-state index contributed by atoms with van der Waals surface area (Å²) in [5.41, 5.74) is 7.87. The Morgan fingerprint density at radius 1 is 1.44 bits per heavy atom. The van der Waals surface area contributed by atoms with E-state index in [1.165, 1.54) is 6.07 Å². The van der Waals surface area contributed by atoms with Crippen LogP contribution < -0.4 is 10.6 Å². The van der Waals surface area contributed by atoms with Gasteiger partial charge in [0.05, 0.1) is 21.5 Å². The molecule has 1 aromatic heterocycles. The van der Waals surface area contributed by atoms with Crippen molar-refractivity contribution >= 4 is 34.0 Å². The number of halogens is 2. The molecule has 0 spiro atoms. The first-order valence-electron chi connectivity index (χ1n) is 5.35. The summed E-state index contributed by atoms with van der Waals surface area (Å²) >= 11 is 1.92. The lowest BCUT2D eigenvalue weighted by Gasteiger charge is -2.20. The molecule has 0 fully saturated rings. The summed E-state index contributed by atoms with van der Waals surface area (Å²) in [4.78, 5) is 1.84. The van der Waals surface area contributed by atoms with Gasteiger partial charge in [0.2, 0.25) is 0 Å². The molecule has 0 aliphatic heterocycles. The van der Waals surface area contributed by atoms with Crippen molar-refractivity contribution in [1.82, 2.24) is 5.16 Å². The Labute approximate surface area is 118 Å². The highest BCUT2D eigenvalue weighted by atomic mass is 127. The molecule has 1 heterocycles. The highest BCUT2D eigenvalue weighted by molar-refractivity contribution is 14.1. The summed E-state index contributed by atoms with van der Waals surface area (Å²) in [6, 6.07) is 4.90. The van der Waals surface area contributed by atoms with Crippen LogP contribution in [0.1, 0.15) is 11.5 Å². The molecule has 2 N–H and O–H groups in total. The normalized spacial score (nSPS) is 10.7. The molecule has 4 nitrogen and oxygen atoms in total. The maximum atomic E-state index is 13.5. The lowest BCUT2D eigenvalue weighted by atomic mass is 10.2. The van der Waals surface area contributed by atoms with Gasteiger partial charge < -0.3 is 15.2 Å². The van der Waals surface area contributed by atoms with Gasteiger partial charge in [-0.3, -0.25) is 0 Å². The number of aromatic nitrogens is 1. The molecule has 6 heteroatoms. The van der Waals surface area contributed by atoms with Crippen molar-refractivity contribution in [3.05, 3.63) is 39.0 Å². The molecule has 0 aliphatic rings. The third-order valence-corrected chi connectivity index (χ3v) is 3.38. The molecular formula is C12H13FIN3O. The van der Waals surface area contributed by atoms with E-state index in [0.29, 0.717) is 21.5 Å². The highest BCUT2D eigenvalue weighted by Crippen LogP contribution is 2.27. The van der Waals surface area contributed by atoms with E-state index in [1.807, 2.05) is 47.5 Å². The predicted octanol–water partition coefficient (Wildman–Crippen LogP) is 2.95. The van der Waals surface area contributed by atoms with Crippen molar-refractivity contribution in [1.29, 1.82) is 0 Å². The third-order valence-electron chi connectivity index (χ3n) is 2.56. The second-order valence-electron chi connectivity index (χ2n) is 4.11. The summed E-state index contributed by atoms with van der Waals surface area (Å²) < 4.78 is 19.0. The van der Waals surface area contributed by atoms with Crippen LogP contribution in [0.25, 0.3) is 0 Å². The van der Waals surface area contributed by atoms with Crippen molar-refractivity contribution < 1.29 is 8.91 Å². The first-order valence-corrected chi connectivity index (χ1v) is 6.43. The summed E-state index contributed by atoms with van der Waals surface area (Å²) in [5, 5.41) is 3.90. The SMILES string of the molecule is Cc1cc(CN(C)c2cc(F)c(I)cc2N)no1. The first kappa shape index (κ1) is 13.1. The van der Waals surface area contributed by atoms with Crippen molar-refractivity contribution in [3.63, 3.8) is 0 Å². The van der Waals surface area contributed by atoms with Crippen LogP contribution in [0, 0.1) is 16.3 Å². The smallest absolute Gasteiger partial charge is 0.138 e. The van der Waals surface area contributed by atoms with E-state index in [0.717, 1.165) is 11.5 Å². The molecule has 18 heavy (non-hydrogen) atoms. The summed E-state index contributed by atoms with van der Waals surface area (Å²) in [7, 11) is 1.84. The van der Waals surface area contributed by atoms with Crippen molar-refractivity contribution in [2.75, 3.05) is 17.7 Å². The van der Waals surface area contributed by atoms with Crippen LogP contribution in [0.15, 0.2) is 22.7 Å². The van der Waals surface area contributed by atoms with Gasteiger partial charge in [0.1, 0.15) is 17.3 Å². The van der Waals surface area contributed by atoms with Gasteiger partial charge in [-0.1, -0.05) is 5.16 Å². The van der Waals surface area contributed by atoms with Crippen LogP contribution in [-0.2, 0) is 6.54 Å². The van der Waals surface area contributed by atoms with Crippen LogP contribution in [0.4, 0.5) is 15.8 Å². The van der Waals surface area contributed by atoms with Gasteiger partial charge in [-0.05, 0) is 35.6 Å². The van der Waals surface area contributed by atoms with E-state index < -0.39 is 0 Å². The zero-order valence-corrected chi connectivity index (χ0v) is 12.2. The Kier molecular flexibility index (Phi) is 3.74. The maximum absolute atomic E-state index is 13.5. The van der Waals surface area contributed by atoms with Crippen LogP contribution in [-0.4, -0.2) is 12.2 Å². The second-order valence-corrected chi connectivity index (χ2v) is 5.27. The average Bonchev–Trinajstić information content (AvgIpc) is 2.69. The van der Waals surface area contributed by atoms with E-state index in [1.54, 1.807) is 6.07 Å². The fraction of sp³-hybridized carbons (Fsp3) is 0.250. The minimum Gasteiger partial charge on any atom is -0.397 e. The van der Waals surface area contributed by atoms with Crippen molar-refractivity contribution in [3.8, 4) is 0 Å². The zero-order chi connectivity index (χ0) is 13.3. The van der Waals surface area contributed by atoms with Crippen molar-refractivity contribution in [2.24, 2.45) is 0 Å². The molecule has 0 saturated carbocycles. The molecule has 2 aromatic rings. The topological polar surface area (TPSA) is 55.3 Å². The van der Waals surface area contributed by atoms with Gasteiger partial charge in [0.15, 0.2) is 0 Å². The van der Waals surface area contributed by atoms with Crippen LogP contribution in [0.3, 0.4) is 0 Å². The number of nitrogen functional groups attached to an aromatic ring is 1. The monoisotopic (exact) mass is 361 g/mol. The lowest BCUT2D eigenvalue weighted by molar-refractivity contribution is 0.390. The molecule has 2 rings (SSSR count). The third kappa shape index (κ3) is 2.74. The van der Waals surface area contributed by atoms with E-state index in [9.17, 15) is 4.39 Å². The Balaban J connectivity index is 2.23. The van der Waals surface area contributed by atoms with Gasteiger partial charge in [0, 0.05) is 19.2 Å². The number of benzene rings is 1. The van der Waals surface area contributed by atoms with Gasteiger partial charge in [-0.25, -0.2) is 4.39 Å². The Morgan fingerprint density at radius 3 is 2.78 bits per heavy atom. The van der Waals surface area contributed by atoms with E-state index in [4.69, 9.17) is 10.3 Å². The second kappa shape index (κ2) is 5.13. The van der Waals surface area contributed by atoms with Crippen molar-refractivity contribution in [2.45, 2.75) is 13.5 Å². The van der Waals surface area contributed by atoms with Crippen LogP contribution >= 0.6 is 22.6 Å². The van der Waals surface area contributed by atoms with Crippen LogP contribution in [0.2, 0.25) is 0 Å². The largest absolute Gasteiger partial charge is 0.397 e. The Bertz CT molecular complexity index is 570. The lowest BCUT2D eigenvalue weighted by Crippen LogP contribution is -2.18. The summed E-state index contributed by atoms with van der Waals surface area (Å²) in [5.74, 6) is 0.475. The number of hydrogen-bond donors (Lipinski definition) is 1. The van der Waals surface area contributed by atoms with Gasteiger partial charge in [0.25, 0.3) is 0 Å². The Morgan fingerprint density at radius 2 is 2.17 bits per heavy atom. The van der Waals surface area contributed by atoms with E-state index in [2.05, 4.69) is 5.16 Å². The van der Waals surface area contributed by atoms with E-state index >= 15 is 0 Å². The molecule has 0 amide bonds. The molecule has 0 aliphatic carbocycles. The molecule has 96 valence electrons. The maximum Gasteiger partial charge on any atom is 0.138 e. The molecular weight excluding hydrogens is 348 g/mol. The van der Waals surface area contributed by atoms with Crippen LogP contribution in [0.5, 0.6) is 0 Å². The quantitative estimate of drug-likeness (QED) is 0.675. The fourth-order valence-electron chi connectivity index (χ4n) is 1.70. The standard InChI is InChI=1S/C12H13FIN3O/c1-7-3-8(16-18-7)6-17(2)12-4-9(13)10(14)5-11(12)15/h3-5H,6,15H2,1-2H3. The van der Waals surface area contributed by atoms with E-state index in [-0.39, 0.29) is 5.82 Å². The first-order chi connectivity index (χ1) is 8.47. The zero-order valence-electron chi connectivity index (χ0n) is 10.1. The van der Waals surface area contributed by atoms with Gasteiger partial charge in [-0.15, -0.1) is 0 Å². The molecule has 0 bridgehead atoms. The average molecular weight is 361 g/mol. The number of rotatable bonds is 3. The molecule has 0 atom stereocenters. The number of aryl methyl sites for hydroxylation is 1. The Hall–Kier alpha value is -1.31. The molecule has 0 radical (unpaired) electrons. The predicted molar refractivity (Wildman–Crippen MR) is 76.9 cm³/mol. The number of anilines is 2. The van der Waals surface area contributed by atoms with Gasteiger partial charge in [-0.2, -0.15) is 0 Å². The minimum absolute atomic E-state index is 0.275. The number of nitrogens with zero attached hydrogens (tertiary/aromatic N) is 2. The highest BCUT2D eigenvalue weighted by Gasteiger charge is 2.12. The minimum atomic E-state index is -0.275.